The van der Waals surface area contributed by atoms with Crippen LogP contribution >= 0.6 is 0 Å². The number of nitrogens with zero attached hydrogens (tertiary/aromatic N) is 2. The number of halogens is 1. The summed E-state index contributed by atoms with van der Waals surface area (Å²) in [6.07, 6.45) is 0. The first kappa shape index (κ1) is 25.3. The van der Waals surface area contributed by atoms with E-state index in [1.807, 2.05) is 24.3 Å². The number of benzene rings is 2. The van der Waals surface area contributed by atoms with Gasteiger partial charge >= 0.3 is 5.97 Å². The van der Waals surface area contributed by atoms with E-state index in [1.165, 1.54) is 22.5 Å². The number of pyridine rings is 1. The summed E-state index contributed by atoms with van der Waals surface area (Å²) in [6, 6.07) is 17.5. The number of hydrogen-bond donors (Lipinski definition) is 2. The average molecular weight is 486 g/mol. The molecule has 0 aliphatic heterocycles. The summed E-state index contributed by atoms with van der Waals surface area (Å²) in [4.78, 5) is 15.0. The molecule has 2 aromatic carbocycles. The molecule has 0 aliphatic carbocycles. The molecule has 3 rings (SSSR count). The summed E-state index contributed by atoms with van der Waals surface area (Å²) in [5.74, 6) is -1.37. The largest absolute Gasteiger partial charge is 0.480 e. The molecule has 0 saturated carbocycles. The molecule has 34 heavy (non-hydrogen) atoms. The Morgan fingerprint density at radius 1 is 1.03 bits per heavy atom. The SMILES string of the molecule is CC(C)(C)c1ccc(CN(Cc2cccc(NCC(=O)O)n2)S(=O)(=O)c2cccc(F)c2)cc1. The van der Waals surface area contributed by atoms with Gasteiger partial charge in [-0.25, -0.2) is 17.8 Å². The van der Waals surface area contributed by atoms with Crippen molar-refractivity contribution in [2.24, 2.45) is 0 Å². The molecule has 2 N–H and O–H groups in total. The van der Waals surface area contributed by atoms with Crippen LogP contribution in [0.5, 0.6) is 0 Å². The van der Waals surface area contributed by atoms with Gasteiger partial charge in [-0.2, -0.15) is 4.31 Å². The van der Waals surface area contributed by atoms with Gasteiger partial charge in [0.1, 0.15) is 18.2 Å². The van der Waals surface area contributed by atoms with Crippen molar-refractivity contribution in [2.45, 2.75) is 44.2 Å². The van der Waals surface area contributed by atoms with E-state index in [1.54, 1.807) is 18.2 Å². The van der Waals surface area contributed by atoms with Gasteiger partial charge in [0.15, 0.2) is 0 Å². The van der Waals surface area contributed by atoms with Crippen LogP contribution in [-0.4, -0.2) is 35.3 Å². The second-order valence-electron chi connectivity index (χ2n) is 8.94. The van der Waals surface area contributed by atoms with Crippen LogP contribution < -0.4 is 5.32 Å². The van der Waals surface area contributed by atoms with E-state index in [0.29, 0.717) is 11.5 Å². The van der Waals surface area contributed by atoms with Crippen molar-refractivity contribution in [1.82, 2.24) is 9.29 Å². The Balaban J connectivity index is 1.94. The number of hydrogen-bond acceptors (Lipinski definition) is 5. The Morgan fingerprint density at radius 3 is 2.32 bits per heavy atom. The van der Waals surface area contributed by atoms with Gasteiger partial charge in [-0.3, -0.25) is 4.79 Å². The Kier molecular flexibility index (Phi) is 7.68. The van der Waals surface area contributed by atoms with Crippen LogP contribution in [0, 0.1) is 5.82 Å². The monoisotopic (exact) mass is 485 g/mol. The van der Waals surface area contributed by atoms with E-state index in [9.17, 15) is 17.6 Å². The van der Waals surface area contributed by atoms with E-state index < -0.39 is 21.8 Å². The third-order valence-corrected chi connectivity index (χ3v) is 6.97. The van der Waals surface area contributed by atoms with Crippen LogP contribution in [0.25, 0.3) is 0 Å². The van der Waals surface area contributed by atoms with Crippen LogP contribution in [0.3, 0.4) is 0 Å². The predicted molar refractivity (Wildman–Crippen MR) is 128 cm³/mol. The summed E-state index contributed by atoms with van der Waals surface area (Å²) in [5, 5.41) is 11.5. The van der Waals surface area contributed by atoms with Gasteiger partial charge in [-0.05, 0) is 46.9 Å². The molecule has 3 aromatic rings. The highest BCUT2D eigenvalue weighted by Gasteiger charge is 2.26. The van der Waals surface area contributed by atoms with Gasteiger partial charge in [0.2, 0.25) is 10.0 Å². The third-order valence-electron chi connectivity index (χ3n) is 5.18. The average Bonchev–Trinajstić information content (AvgIpc) is 2.77. The molecule has 0 unspecified atom stereocenters. The topological polar surface area (TPSA) is 99.6 Å². The molecular formula is C25H28FN3O4S. The third kappa shape index (κ3) is 6.61. The second-order valence-corrected chi connectivity index (χ2v) is 10.9. The molecule has 0 radical (unpaired) electrons. The fourth-order valence-corrected chi connectivity index (χ4v) is 4.76. The molecule has 0 fully saturated rings. The number of sulfonamides is 1. The molecule has 0 aliphatic rings. The zero-order valence-electron chi connectivity index (χ0n) is 19.3. The lowest BCUT2D eigenvalue weighted by atomic mass is 9.87. The summed E-state index contributed by atoms with van der Waals surface area (Å²) >= 11 is 0. The standard InChI is InChI=1S/C25H28FN3O4S/c1-25(2,3)19-12-10-18(11-13-19)16-29(34(32,33)22-8-4-6-20(26)14-22)17-21-7-5-9-23(28-21)27-15-24(30)31/h4-14H,15-17H2,1-3H3,(H,27,28)(H,30,31). The molecule has 9 heteroatoms. The fourth-order valence-electron chi connectivity index (χ4n) is 3.33. The number of carbonyl (C=O) groups is 1. The summed E-state index contributed by atoms with van der Waals surface area (Å²) < 4.78 is 42.0. The predicted octanol–water partition coefficient (Wildman–Crippen LogP) is 4.41. The molecule has 0 spiro atoms. The zero-order chi connectivity index (χ0) is 24.9. The maximum atomic E-state index is 13.8. The van der Waals surface area contributed by atoms with Crippen LogP contribution in [0.1, 0.15) is 37.6 Å². The van der Waals surface area contributed by atoms with Crippen LogP contribution in [0.4, 0.5) is 10.2 Å². The van der Waals surface area contributed by atoms with Crippen LogP contribution in [0.15, 0.2) is 71.6 Å². The molecule has 180 valence electrons. The Labute approximate surface area is 199 Å². The van der Waals surface area contributed by atoms with Gasteiger partial charge in [0.25, 0.3) is 0 Å². The van der Waals surface area contributed by atoms with E-state index in [4.69, 9.17) is 5.11 Å². The number of aromatic nitrogens is 1. The van der Waals surface area contributed by atoms with Crippen molar-refractivity contribution in [3.05, 3.63) is 89.4 Å². The maximum Gasteiger partial charge on any atom is 0.322 e. The highest BCUT2D eigenvalue weighted by Crippen LogP contribution is 2.25. The van der Waals surface area contributed by atoms with Crippen molar-refractivity contribution >= 4 is 21.8 Å². The number of carboxylic acid groups (broad SMARTS) is 1. The van der Waals surface area contributed by atoms with E-state index in [-0.39, 0.29) is 29.9 Å². The number of anilines is 1. The highest BCUT2D eigenvalue weighted by atomic mass is 32.2. The number of aliphatic carboxylic acids is 1. The Hall–Kier alpha value is -3.30. The van der Waals surface area contributed by atoms with Crippen molar-refractivity contribution in [3.63, 3.8) is 0 Å². The van der Waals surface area contributed by atoms with Gasteiger partial charge < -0.3 is 10.4 Å². The first-order valence-electron chi connectivity index (χ1n) is 10.7. The molecule has 0 amide bonds. The summed E-state index contributed by atoms with van der Waals surface area (Å²) in [6.45, 7) is 5.95. The van der Waals surface area contributed by atoms with Gasteiger partial charge in [0.05, 0.1) is 17.1 Å². The highest BCUT2D eigenvalue weighted by molar-refractivity contribution is 7.89. The number of carboxylic acids is 1. The van der Waals surface area contributed by atoms with Crippen molar-refractivity contribution in [1.29, 1.82) is 0 Å². The molecule has 1 aromatic heterocycles. The van der Waals surface area contributed by atoms with E-state index >= 15 is 0 Å². The number of rotatable bonds is 9. The van der Waals surface area contributed by atoms with Gasteiger partial charge in [-0.1, -0.05) is 57.2 Å². The molecule has 7 nitrogen and oxygen atoms in total. The van der Waals surface area contributed by atoms with Crippen LogP contribution in [-0.2, 0) is 33.3 Å². The minimum Gasteiger partial charge on any atom is -0.480 e. The number of nitrogens with one attached hydrogen (secondary N) is 1. The molecule has 1 heterocycles. The second kappa shape index (κ2) is 10.3. The minimum absolute atomic E-state index is 0.0425. The van der Waals surface area contributed by atoms with Crippen LogP contribution in [0.2, 0.25) is 0 Å². The first-order valence-corrected chi connectivity index (χ1v) is 12.2. The van der Waals surface area contributed by atoms with Gasteiger partial charge in [-0.15, -0.1) is 0 Å². The Bertz CT molecular complexity index is 1260. The first-order chi connectivity index (χ1) is 15.9. The zero-order valence-corrected chi connectivity index (χ0v) is 20.1. The molecule has 0 saturated heterocycles. The smallest absolute Gasteiger partial charge is 0.322 e. The van der Waals surface area contributed by atoms with Crippen molar-refractivity contribution < 1.29 is 22.7 Å². The molecule has 0 bridgehead atoms. The normalized spacial score (nSPS) is 12.0. The van der Waals surface area contributed by atoms with Gasteiger partial charge in [0, 0.05) is 6.54 Å². The van der Waals surface area contributed by atoms with E-state index in [0.717, 1.165) is 17.2 Å². The molecular weight excluding hydrogens is 457 g/mol. The quantitative estimate of drug-likeness (QED) is 0.466. The maximum absolute atomic E-state index is 13.8. The van der Waals surface area contributed by atoms with Crippen molar-refractivity contribution in [3.8, 4) is 0 Å². The fraction of sp³-hybridized carbons (Fsp3) is 0.280. The van der Waals surface area contributed by atoms with E-state index in [2.05, 4.69) is 31.1 Å². The summed E-state index contributed by atoms with van der Waals surface area (Å²) in [7, 11) is -4.06. The Morgan fingerprint density at radius 2 is 1.71 bits per heavy atom. The lowest BCUT2D eigenvalue weighted by molar-refractivity contribution is -0.134. The lowest BCUT2D eigenvalue weighted by Gasteiger charge is -2.23. The van der Waals surface area contributed by atoms with Crippen molar-refractivity contribution in [2.75, 3.05) is 11.9 Å². The molecule has 0 atom stereocenters. The lowest BCUT2D eigenvalue weighted by Crippen LogP contribution is -2.31. The summed E-state index contributed by atoms with van der Waals surface area (Å²) in [5.41, 5.74) is 2.27. The minimum atomic E-state index is -4.06.